The summed E-state index contributed by atoms with van der Waals surface area (Å²) in [6.45, 7) is 3.29. The third kappa shape index (κ3) is 7.68. The van der Waals surface area contributed by atoms with Gasteiger partial charge >= 0.3 is 0 Å². The van der Waals surface area contributed by atoms with Gasteiger partial charge in [0.15, 0.2) is 0 Å². The molecule has 0 saturated carbocycles. The number of piperidine rings is 1. The van der Waals surface area contributed by atoms with E-state index in [4.69, 9.17) is 19.6 Å². The molecule has 0 amide bonds. The number of nitriles is 1. The van der Waals surface area contributed by atoms with Crippen LogP contribution < -0.4 is 14.4 Å². The van der Waals surface area contributed by atoms with Crippen molar-refractivity contribution in [1.82, 2.24) is 14.8 Å². The molecule has 7 nitrogen and oxygen atoms in total. The smallest absolute Gasteiger partial charge is 0.267 e. The molecule has 246 valence electrons. The summed E-state index contributed by atoms with van der Waals surface area (Å²) in [5, 5.41) is 15.3. The molecule has 0 aliphatic carbocycles. The van der Waals surface area contributed by atoms with Crippen LogP contribution in [0.3, 0.4) is 0 Å². The van der Waals surface area contributed by atoms with Gasteiger partial charge in [-0.05, 0) is 66.5 Å². The summed E-state index contributed by atoms with van der Waals surface area (Å²) in [6, 6.07) is 30.9. The summed E-state index contributed by atoms with van der Waals surface area (Å²) < 4.78 is 14.4. The van der Waals surface area contributed by atoms with Crippen molar-refractivity contribution >= 4 is 23.3 Å². The fourth-order valence-corrected chi connectivity index (χ4v) is 7.32. The standard InChI is InChI=1S/C39H42BN5O2.CH4/c1-44-36-25-33(45-22-18-30(19-23-45)24-29-16-20-40(28-41)21-17-29)12-13-34(36)38(43-44)35-14-15-37(46-26-31-8-4-2-5-9-31)42-39(35)47-27-32-10-6-3-7-11-32;/h2-15,25,29-30H,16-24,26-27H2,1H3;1H4. The van der Waals surface area contributed by atoms with E-state index in [1.54, 1.807) is 0 Å². The highest BCUT2D eigenvalue weighted by Gasteiger charge is 2.28. The predicted octanol–water partition coefficient (Wildman–Crippen LogP) is 9.00. The van der Waals surface area contributed by atoms with E-state index in [0.29, 0.717) is 31.7 Å². The minimum atomic E-state index is 0. The van der Waals surface area contributed by atoms with Crippen LogP contribution in [0.25, 0.3) is 22.2 Å². The molecule has 2 saturated heterocycles. The van der Waals surface area contributed by atoms with E-state index in [-0.39, 0.29) is 7.43 Å². The molecule has 0 spiro atoms. The lowest BCUT2D eigenvalue weighted by atomic mass is 9.41. The molecule has 0 unspecified atom stereocenters. The van der Waals surface area contributed by atoms with Gasteiger partial charge in [-0.3, -0.25) is 4.68 Å². The van der Waals surface area contributed by atoms with Crippen LogP contribution in [0.1, 0.15) is 50.7 Å². The van der Waals surface area contributed by atoms with Crippen LogP contribution >= 0.6 is 0 Å². The van der Waals surface area contributed by atoms with E-state index < -0.39 is 0 Å². The molecule has 5 aromatic rings. The van der Waals surface area contributed by atoms with Crippen molar-refractivity contribution in [3.05, 3.63) is 102 Å². The number of nitrogens with zero attached hydrogens (tertiary/aromatic N) is 5. The Labute approximate surface area is 285 Å². The van der Waals surface area contributed by atoms with Crippen molar-refractivity contribution < 1.29 is 9.47 Å². The van der Waals surface area contributed by atoms with Crippen molar-refractivity contribution in [1.29, 1.82) is 5.26 Å². The lowest BCUT2D eigenvalue weighted by Gasteiger charge is -2.36. The molecule has 0 atom stereocenters. The van der Waals surface area contributed by atoms with Gasteiger partial charge in [0, 0.05) is 43.2 Å². The van der Waals surface area contributed by atoms with Gasteiger partial charge in [0.2, 0.25) is 11.8 Å². The highest BCUT2D eigenvalue weighted by Crippen LogP contribution is 2.38. The zero-order valence-corrected chi connectivity index (χ0v) is 27.2. The highest BCUT2D eigenvalue weighted by molar-refractivity contribution is 6.67. The highest BCUT2D eigenvalue weighted by atomic mass is 16.5. The minimum Gasteiger partial charge on any atom is -0.473 e. The number of rotatable bonds is 10. The summed E-state index contributed by atoms with van der Waals surface area (Å²) in [6.07, 6.45) is 8.45. The van der Waals surface area contributed by atoms with Crippen LogP contribution in [0, 0.1) is 23.1 Å². The topological polar surface area (TPSA) is 76.2 Å². The first kappa shape index (κ1) is 33.1. The van der Waals surface area contributed by atoms with Crippen LogP contribution in [-0.4, -0.2) is 34.6 Å². The van der Waals surface area contributed by atoms with Crippen molar-refractivity contribution in [2.45, 2.75) is 65.4 Å². The predicted molar refractivity (Wildman–Crippen MR) is 195 cm³/mol. The molecule has 8 heteroatoms. The van der Waals surface area contributed by atoms with E-state index in [9.17, 15) is 5.26 Å². The zero-order chi connectivity index (χ0) is 32.0. The van der Waals surface area contributed by atoms with Crippen LogP contribution in [0.15, 0.2) is 91.0 Å². The van der Waals surface area contributed by atoms with Crippen molar-refractivity contribution in [2.75, 3.05) is 18.0 Å². The molecule has 2 fully saturated rings. The van der Waals surface area contributed by atoms with Gasteiger partial charge in [0.1, 0.15) is 18.9 Å². The van der Waals surface area contributed by atoms with E-state index in [1.165, 1.54) is 37.8 Å². The monoisotopic (exact) mass is 639 g/mol. The van der Waals surface area contributed by atoms with E-state index in [0.717, 1.165) is 70.9 Å². The third-order valence-electron chi connectivity index (χ3n) is 10.0. The first-order valence-corrected chi connectivity index (χ1v) is 17.1. The molecule has 2 aliphatic heterocycles. The van der Waals surface area contributed by atoms with E-state index in [1.807, 2.05) is 72.4 Å². The van der Waals surface area contributed by atoms with Crippen molar-refractivity contribution in [2.24, 2.45) is 18.9 Å². The Morgan fingerprint density at radius 3 is 2.12 bits per heavy atom. The fourth-order valence-electron chi connectivity index (χ4n) is 7.32. The second-order valence-corrected chi connectivity index (χ2v) is 13.2. The van der Waals surface area contributed by atoms with Crippen LogP contribution in [-0.2, 0) is 20.3 Å². The normalized spacial score (nSPS) is 15.6. The minimum absolute atomic E-state index is 0. The largest absolute Gasteiger partial charge is 0.473 e. The number of hydrogen-bond donors (Lipinski definition) is 0. The number of fused-ring (bicyclic) bond motifs is 1. The SMILES string of the molecule is C.Cn1nc(-c2ccc(OCc3ccccc3)nc2OCc2ccccc2)c2ccc(N3CCC(CC4CCB(C#N)CC4)CC3)cc21. The first-order chi connectivity index (χ1) is 23.1. The van der Waals surface area contributed by atoms with E-state index in [2.05, 4.69) is 41.2 Å². The summed E-state index contributed by atoms with van der Waals surface area (Å²) in [5.41, 5.74) is 6.19. The maximum atomic E-state index is 9.24. The Bertz CT molecular complexity index is 1820. The maximum absolute atomic E-state index is 9.24. The number of anilines is 1. The number of hydrogen-bond acceptors (Lipinski definition) is 6. The Balaban J connectivity index is 0.00000401. The van der Waals surface area contributed by atoms with E-state index >= 15 is 0 Å². The summed E-state index contributed by atoms with van der Waals surface area (Å²) in [4.78, 5) is 7.36. The zero-order valence-electron chi connectivity index (χ0n) is 27.2. The van der Waals surface area contributed by atoms with Crippen molar-refractivity contribution in [3.63, 3.8) is 0 Å². The molecule has 4 heterocycles. The first-order valence-electron chi connectivity index (χ1n) is 17.1. The molecule has 48 heavy (non-hydrogen) atoms. The van der Waals surface area contributed by atoms with Gasteiger partial charge in [-0.1, -0.05) is 93.6 Å². The number of ether oxygens (including phenoxy) is 2. The quantitative estimate of drug-likeness (QED) is 0.142. The lowest BCUT2D eigenvalue weighted by Crippen LogP contribution is -2.34. The molecule has 0 radical (unpaired) electrons. The fraction of sp³-hybridized carbons (Fsp3) is 0.375. The van der Waals surface area contributed by atoms with Crippen LogP contribution in [0.2, 0.25) is 12.6 Å². The number of pyridine rings is 1. The molecule has 0 bridgehead atoms. The van der Waals surface area contributed by atoms with Crippen LogP contribution in [0.5, 0.6) is 11.8 Å². The second kappa shape index (κ2) is 15.4. The second-order valence-electron chi connectivity index (χ2n) is 13.2. The van der Waals surface area contributed by atoms with Gasteiger partial charge in [0.25, 0.3) is 6.71 Å². The molecule has 3 aromatic carbocycles. The van der Waals surface area contributed by atoms with Gasteiger partial charge in [-0.2, -0.15) is 10.1 Å². The number of aryl methyl sites for hydroxylation is 1. The summed E-state index contributed by atoms with van der Waals surface area (Å²) in [7, 11) is 2.01. The Kier molecular flexibility index (Phi) is 10.7. The Morgan fingerprint density at radius 1 is 0.812 bits per heavy atom. The Hall–Kier alpha value is -4.77. The van der Waals surface area contributed by atoms with Gasteiger partial charge in [-0.15, -0.1) is 0 Å². The van der Waals surface area contributed by atoms with Crippen molar-refractivity contribution in [3.8, 4) is 29.0 Å². The average molecular weight is 640 g/mol. The van der Waals surface area contributed by atoms with Gasteiger partial charge in [0.05, 0.1) is 11.1 Å². The molecule has 2 aliphatic rings. The molecular formula is C40H46BN5O2. The van der Waals surface area contributed by atoms with Crippen LogP contribution in [0.4, 0.5) is 5.69 Å². The molecule has 7 rings (SSSR count). The van der Waals surface area contributed by atoms with Gasteiger partial charge in [-0.25, -0.2) is 5.26 Å². The summed E-state index contributed by atoms with van der Waals surface area (Å²) >= 11 is 0. The average Bonchev–Trinajstić information content (AvgIpc) is 3.46. The lowest BCUT2D eigenvalue weighted by molar-refractivity contribution is 0.268. The third-order valence-corrected chi connectivity index (χ3v) is 10.0. The number of aromatic nitrogens is 3. The molecule has 0 N–H and O–H groups in total. The Morgan fingerprint density at radius 2 is 1.46 bits per heavy atom. The summed E-state index contributed by atoms with van der Waals surface area (Å²) in [5.74, 6) is 5.10. The maximum Gasteiger partial charge on any atom is 0.267 e. The van der Waals surface area contributed by atoms with Gasteiger partial charge < -0.3 is 14.4 Å². The molecular weight excluding hydrogens is 593 g/mol. The molecule has 2 aromatic heterocycles. The number of benzene rings is 3.